The zero-order valence-corrected chi connectivity index (χ0v) is 16.0. The summed E-state index contributed by atoms with van der Waals surface area (Å²) in [5.74, 6) is 1.16. The third-order valence-electron chi connectivity index (χ3n) is 6.99. The largest absolute Gasteiger partial charge is 0.354 e. The molecule has 3 atom stereocenters. The van der Waals surface area contributed by atoms with Crippen LogP contribution >= 0.6 is 0 Å². The Morgan fingerprint density at radius 1 is 1.17 bits per heavy atom. The van der Waals surface area contributed by atoms with Gasteiger partial charge in [-0.05, 0) is 69.4 Å². The number of nitrogens with zero attached hydrogens (tertiary/aromatic N) is 1. The van der Waals surface area contributed by atoms with Crippen molar-refractivity contribution in [2.75, 3.05) is 26.2 Å². The lowest BCUT2D eigenvalue weighted by molar-refractivity contribution is -0.140. The number of carbonyl (C=O) groups is 1. The van der Waals surface area contributed by atoms with Crippen LogP contribution < -0.4 is 5.32 Å². The molecule has 138 valence electrons. The molecule has 2 aliphatic carbocycles. The number of carbonyl (C=O) groups excluding carboxylic acids is 1. The lowest BCUT2D eigenvalue weighted by atomic mass is 9.53. The first kappa shape index (κ1) is 18.2. The summed E-state index contributed by atoms with van der Waals surface area (Å²) in [5.41, 5.74) is 0.343. The molecule has 2 bridgehead atoms. The lowest BCUT2D eigenvalue weighted by Crippen LogP contribution is -2.51. The number of piperidine rings is 1. The molecule has 3 aliphatic rings. The molecule has 0 aromatic heterocycles. The molecule has 1 amide bonds. The van der Waals surface area contributed by atoms with Crippen molar-refractivity contribution < 1.29 is 4.79 Å². The van der Waals surface area contributed by atoms with Crippen molar-refractivity contribution >= 4 is 5.91 Å². The van der Waals surface area contributed by atoms with E-state index in [9.17, 15) is 4.79 Å². The zero-order valence-electron chi connectivity index (χ0n) is 16.0. The number of likely N-dealkylation sites (tertiary alicyclic amines) is 1. The van der Waals surface area contributed by atoms with Crippen molar-refractivity contribution in [1.82, 2.24) is 10.2 Å². The molecule has 1 saturated heterocycles. The number of nitrogens with one attached hydrogen (secondary N) is 1. The number of fused-ring (bicyclic) bond motifs is 2. The maximum absolute atomic E-state index is 13.2. The second-order valence-electron chi connectivity index (χ2n) is 9.34. The fraction of sp³-hybridized carbons (Fsp3) is 0.952. The summed E-state index contributed by atoms with van der Waals surface area (Å²) in [6, 6.07) is 0. The van der Waals surface area contributed by atoms with Gasteiger partial charge in [0.05, 0.1) is 0 Å². The fourth-order valence-corrected chi connectivity index (χ4v) is 6.15. The quantitative estimate of drug-likeness (QED) is 0.782. The molecule has 1 heterocycles. The average molecular weight is 335 g/mol. The van der Waals surface area contributed by atoms with Gasteiger partial charge in [0, 0.05) is 18.5 Å². The first-order valence-corrected chi connectivity index (χ1v) is 10.6. The number of rotatable bonds is 6. The molecule has 3 rings (SSSR count). The molecule has 0 radical (unpaired) electrons. The lowest BCUT2D eigenvalue weighted by Gasteiger charge is -2.52. The van der Waals surface area contributed by atoms with Crippen LogP contribution in [0.15, 0.2) is 0 Å². The summed E-state index contributed by atoms with van der Waals surface area (Å²) in [4.78, 5) is 15.7. The highest BCUT2D eigenvalue weighted by atomic mass is 16.2. The van der Waals surface area contributed by atoms with Gasteiger partial charge in [0.15, 0.2) is 0 Å². The maximum atomic E-state index is 13.2. The van der Waals surface area contributed by atoms with Gasteiger partial charge in [0.25, 0.3) is 0 Å². The monoisotopic (exact) mass is 334 g/mol. The summed E-state index contributed by atoms with van der Waals surface area (Å²) < 4.78 is 0. The maximum Gasteiger partial charge on any atom is 0.226 e. The minimum atomic E-state index is -0.0747. The van der Waals surface area contributed by atoms with Gasteiger partial charge in [-0.3, -0.25) is 4.79 Å². The highest BCUT2D eigenvalue weighted by molar-refractivity contribution is 5.82. The molecule has 0 aromatic rings. The van der Waals surface area contributed by atoms with E-state index >= 15 is 0 Å². The van der Waals surface area contributed by atoms with E-state index in [4.69, 9.17) is 0 Å². The normalized spacial score (nSPS) is 37.2. The predicted molar refractivity (Wildman–Crippen MR) is 99.9 cm³/mol. The molecule has 1 N–H and O–H groups in total. The van der Waals surface area contributed by atoms with Crippen molar-refractivity contribution in [2.45, 2.75) is 84.5 Å². The Morgan fingerprint density at radius 3 is 2.67 bits per heavy atom. The first-order chi connectivity index (χ1) is 11.6. The molecule has 3 fully saturated rings. The van der Waals surface area contributed by atoms with Crippen LogP contribution in [0.25, 0.3) is 0 Å². The van der Waals surface area contributed by atoms with E-state index in [2.05, 4.69) is 24.1 Å². The molecule has 0 aromatic carbocycles. The van der Waals surface area contributed by atoms with Gasteiger partial charge < -0.3 is 10.2 Å². The van der Waals surface area contributed by atoms with Crippen molar-refractivity contribution in [1.29, 1.82) is 0 Å². The topological polar surface area (TPSA) is 32.3 Å². The van der Waals surface area contributed by atoms with Gasteiger partial charge in [0.1, 0.15) is 0 Å². The van der Waals surface area contributed by atoms with Crippen molar-refractivity contribution in [2.24, 2.45) is 16.7 Å². The Kier molecular flexibility index (Phi) is 5.89. The van der Waals surface area contributed by atoms with Crippen LogP contribution in [0.4, 0.5) is 0 Å². The Labute approximate surface area is 148 Å². The van der Waals surface area contributed by atoms with Gasteiger partial charge in [0.2, 0.25) is 5.91 Å². The minimum absolute atomic E-state index is 0.0747. The summed E-state index contributed by atoms with van der Waals surface area (Å²) in [6.45, 7) is 9.01. The molecule has 24 heavy (non-hydrogen) atoms. The van der Waals surface area contributed by atoms with Crippen LogP contribution in [0.1, 0.15) is 84.5 Å². The van der Waals surface area contributed by atoms with Gasteiger partial charge in [-0.25, -0.2) is 0 Å². The number of amides is 1. The van der Waals surface area contributed by atoms with Crippen LogP contribution in [0.2, 0.25) is 0 Å². The van der Waals surface area contributed by atoms with Gasteiger partial charge in [-0.15, -0.1) is 0 Å². The fourth-order valence-electron chi connectivity index (χ4n) is 6.15. The Hall–Kier alpha value is -0.570. The SMILES string of the molecule is CCCC1(C(=O)NCCN2CCCCC2)CC2CCCC(C)(C2)C1. The molecule has 3 unspecified atom stereocenters. The second kappa shape index (κ2) is 7.76. The summed E-state index contributed by atoms with van der Waals surface area (Å²) >= 11 is 0. The highest BCUT2D eigenvalue weighted by Gasteiger charge is 2.50. The summed E-state index contributed by atoms with van der Waals surface area (Å²) in [6.07, 6.45) is 13.9. The van der Waals surface area contributed by atoms with Gasteiger partial charge in [-0.1, -0.05) is 39.5 Å². The standard InChI is InChI=1S/C21H38N2O/c1-3-9-21(16-18-8-7-10-20(2,15-18)17-21)19(24)22-11-14-23-12-5-4-6-13-23/h18H,3-17H2,1-2H3,(H,22,24). The molecule has 0 spiro atoms. The first-order valence-electron chi connectivity index (χ1n) is 10.6. The van der Waals surface area contributed by atoms with E-state index in [-0.39, 0.29) is 5.41 Å². The third-order valence-corrected chi connectivity index (χ3v) is 6.99. The van der Waals surface area contributed by atoms with Crippen molar-refractivity contribution in [3.05, 3.63) is 0 Å². The summed E-state index contributed by atoms with van der Waals surface area (Å²) in [5, 5.41) is 3.35. The highest BCUT2D eigenvalue weighted by Crippen LogP contribution is 2.57. The number of hydrogen-bond acceptors (Lipinski definition) is 2. The molecule has 2 saturated carbocycles. The molecule has 3 nitrogen and oxygen atoms in total. The van der Waals surface area contributed by atoms with E-state index in [0.29, 0.717) is 11.3 Å². The van der Waals surface area contributed by atoms with E-state index in [1.165, 1.54) is 58.0 Å². The number of hydrogen-bond donors (Lipinski definition) is 1. The van der Waals surface area contributed by atoms with Crippen LogP contribution in [0.3, 0.4) is 0 Å². The molecule has 3 heteroatoms. The van der Waals surface area contributed by atoms with Gasteiger partial charge in [-0.2, -0.15) is 0 Å². The van der Waals surface area contributed by atoms with Crippen LogP contribution in [0, 0.1) is 16.7 Å². The Morgan fingerprint density at radius 2 is 1.96 bits per heavy atom. The van der Waals surface area contributed by atoms with Gasteiger partial charge >= 0.3 is 0 Å². The Bertz CT molecular complexity index is 432. The minimum Gasteiger partial charge on any atom is -0.354 e. The van der Waals surface area contributed by atoms with E-state index in [1.807, 2.05) is 0 Å². The van der Waals surface area contributed by atoms with Crippen molar-refractivity contribution in [3.8, 4) is 0 Å². The molecular formula is C21H38N2O. The Balaban J connectivity index is 1.58. The zero-order chi connectivity index (χ0) is 17.0. The predicted octanol–water partition coefficient (Wildman–Crippen LogP) is 4.37. The molecular weight excluding hydrogens is 296 g/mol. The smallest absolute Gasteiger partial charge is 0.226 e. The second-order valence-corrected chi connectivity index (χ2v) is 9.34. The summed E-state index contributed by atoms with van der Waals surface area (Å²) in [7, 11) is 0. The van der Waals surface area contributed by atoms with Crippen LogP contribution in [-0.2, 0) is 4.79 Å². The average Bonchev–Trinajstić information content (AvgIpc) is 2.55. The molecule has 1 aliphatic heterocycles. The van der Waals surface area contributed by atoms with Crippen LogP contribution in [-0.4, -0.2) is 37.0 Å². The van der Waals surface area contributed by atoms with E-state index in [1.54, 1.807) is 0 Å². The van der Waals surface area contributed by atoms with Crippen molar-refractivity contribution in [3.63, 3.8) is 0 Å². The van der Waals surface area contributed by atoms with E-state index < -0.39 is 0 Å². The van der Waals surface area contributed by atoms with E-state index in [0.717, 1.165) is 44.7 Å². The van der Waals surface area contributed by atoms with Crippen LogP contribution in [0.5, 0.6) is 0 Å². The third kappa shape index (κ3) is 4.15.